The number of allylic oxidation sites excluding steroid dienone is 4. The van der Waals surface area contributed by atoms with Crippen LogP contribution in [0.15, 0.2) is 11.6 Å². The van der Waals surface area contributed by atoms with Crippen LogP contribution >= 0.6 is 0 Å². The molecule has 4 nitrogen and oxygen atoms in total. The fourth-order valence-electron chi connectivity index (χ4n) is 3.06. The Balaban J connectivity index is 2.53. The fourth-order valence-corrected chi connectivity index (χ4v) is 3.06. The molecule has 2 aromatic rings. The van der Waals surface area contributed by atoms with Crippen LogP contribution in [-0.4, -0.2) is 19.9 Å². The Morgan fingerprint density at radius 3 is 1.84 bits per heavy atom. The molecule has 4 heteroatoms. The lowest BCUT2D eigenvalue weighted by molar-refractivity contribution is 1.04. The van der Waals surface area contributed by atoms with E-state index in [1.807, 2.05) is 0 Å². The van der Waals surface area contributed by atoms with Crippen LogP contribution in [0.4, 0.5) is 0 Å². The number of aromatic amines is 2. The fraction of sp³-hybridized carbons (Fsp3) is 0.524. The minimum atomic E-state index is 0.832. The lowest BCUT2D eigenvalue weighted by atomic mass is 10.0. The normalized spacial score (nSPS) is 13.3. The molecule has 0 bridgehead atoms. The number of nitrogens with one attached hydrogen (secondary N) is 2. The molecule has 0 atom stereocenters. The molecule has 0 saturated heterocycles. The highest BCUT2D eigenvalue weighted by Crippen LogP contribution is 2.27. The van der Waals surface area contributed by atoms with E-state index in [2.05, 4.69) is 64.5 Å². The van der Waals surface area contributed by atoms with Gasteiger partial charge in [0.15, 0.2) is 11.6 Å². The van der Waals surface area contributed by atoms with Gasteiger partial charge >= 0.3 is 0 Å². The Labute approximate surface area is 151 Å². The maximum absolute atomic E-state index is 4.89. The van der Waals surface area contributed by atoms with E-state index >= 15 is 0 Å². The van der Waals surface area contributed by atoms with Crippen LogP contribution in [0, 0.1) is 0 Å². The Kier molecular flexibility index (Phi) is 6.40. The molecule has 25 heavy (non-hydrogen) atoms. The molecule has 2 rings (SSSR count). The predicted molar refractivity (Wildman–Crippen MR) is 107 cm³/mol. The molecule has 0 spiro atoms. The molecule has 2 N–H and O–H groups in total. The van der Waals surface area contributed by atoms with Crippen molar-refractivity contribution in [1.29, 1.82) is 0 Å². The van der Waals surface area contributed by atoms with E-state index in [4.69, 9.17) is 9.97 Å². The summed E-state index contributed by atoms with van der Waals surface area (Å²) in [6.07, 6.45) is 6.14. The predicted octanol–water partition coefficient (Wildman–Crippen LogP) is 5.94. The Morgan fingerprint density at radius 1 is 0.840 bits per heavy atom. The molecule has 2 aromatic heterocycles. The maximum Gasteiger partial charge on any atom is 0.174 e. The Bertz CT molecular complexity index is 787. The van der Waals surface area contributed by atoms with Gasteiger partial charge in [-0.05, 0) is 57.6 Å². The SMILES string of the molecule is CC/C=C(/C)c1nc(-c2nc(/C(C)=C(/C)CC)c(CC)[nH]2)[nH]c1CC. The summed E-state index contributed by atoms with van der Waals surface area (Å²) >= 11 is 0. The topological polar surface area (TPSA) is 57.4 Å². The Morgan fingerprint density at radius 2 is 1.36 bits per heavy atom. The van der Waals surface area contributed by atoms with E-state index < -0.39 is 0 Å². The summed E-state index contributed by atoms with van der Waals surface area (Å²) in [6, 6.07) is 0. The number of aromatic nitrogens is 4. The molecule has 0 fully saturated rings. The van der Waals surface area contributed by atoms with Gasteiger partial charge in [0.25, 0.3) is 0 Å². The summed E-state index contributed by atoms with van der Waals surface area (Å²) in [5.74, 6) is 1.67. The largest absolute Gasteiger partial charge is 0.339 e. The lowest BCUT2D eigenvalue weighted by Gasteiger charge is -2.04. The molecular formula is C21H32N4. The first-order valence-corrected chi connectivity index (χ1v) is 9.48. The number of hydrogen-bond donors (Lipinski definition) is 2. The molecular weight excluding hydrogens is 308 g/mol. The van der Waals surface area contributed by atoms with Crippen LogP contribution in [0.3, 0.4) is 0 Å². The molecule has 0 unspecified atom stereocenters. The number of aryl methyl sites for hydroxylation is 2. The maximum atomic E-state index is 4.89. The van der Waals surface area contributed by atoms with Crippen molar-refractivity contribution in [3.8, 4) is 11.6 Å². The number of hydrogen-bond acceptors (Lipinski definition) is 2. The lowest BCUT2D eigenvalue weighted by Crippen LogP contribution is -1.91. The van der Waals surface area contributed by atoms with Gasteiger partial charge in [-0.3, -0.25) is 0 Å². The average Bonchev–Trinajstić information content (AvgIpc) is 3.24. The van der Waals surface area contributed by atoms with E-state index in [9.17, 15) is 0 Å². The van der Waals surface area contributed by atoms with Gasteiger partial charge in [-0.2, -0.15) is 0 Å². The van der Waals surface area contributed by atoms with Crippen LogP contribution in [0.25, 0.3) is 22.8 Å². The first-order valence-electron chi connectivity index (χ1n) is 9.48. The minimum Gasteiger partial charge on any atom is -0.339 e. The molecule has 0 aliphatic rings. The van der Waals surface area contributed by atoms with Gasteiger partial charge < -0.3 is 9.97 Å². The molecule has 2 heterocycles. The van der Waals surface area contributed by atoms with Crippen molar-refractivity contribution in [2.24, 2.45) is 0 Å². The van der Waals surface area contributed by atoms with Crippen molar-refractivity contribution in [1.82, 2.24) is 19.9 Å². The zero-order valence-electron chi connectivity index (χ0n) is 16.8. The molecule has 0 amide bonds. The zero-order chi connectivity index (χ0) is 18.6. The third kappa shape index (κ3) is 3.94. The summed E-state index contributed by atoms with van der Waals surface area (Å²) in [5, 5.41) is 0. The summed E-state index contributed by atoms with van der Waals surface area (Å²) in [6.45, 7) is 15.1. The van der Waals surface area contributed by atoms with Crippen LogP contribution < -0.4 is 0 Å². The summed E-state index contributed by atoms with van der Waals surface area (Å²) in [4.78, 5) is 16.7. The van der Waals surface area contributed by atoms with Gasteiger partial charge in [0.05, 0.1) is 11.4 Å². The molecule has 136 valence electrons. The van der Waals surface area contributed by atoms with Gasteiger partial charge in [-0.1, -0.05) is 39.3 Å². The average molecular weight is 341 g/mol. The van der Waals surface area contributed by atoms with Gasteiger partial charge in [0.2, 0.25) is 0 Å². The number of rotatable bonds is 7. The number of H-pyrrole nitrogens is 2. The zero-order valence-corrected chi connectivity index (χ0v) is 16.8. The van der Waals surface area contributed by atoms with Crippen molar-refractivity contribution in [3.05, 3.63) is 34.4 Å². The van der Waals surface area contributed by atoms with E-state index in [1.165, 1.54) is 28.1 Å². The third-order valence-electron chi connectivity index (χ3n) is 4.90. The second kappa shape index (κ2) is 8.32. The minimum absolute atomic E-state index is 0.832. The number of imidazole rings is 2. The summed E-state index contributed by atoms with van der Waals surface area (Å²) in [7, 11) is 0. The van der Waals surface area contributed by atoms with Gasteiger partial charge in [0.1, 0.15) is 0 Å². The summed E-state index contributed by atoms with van der Waals surface area (Å²) < 4.78 is 0. The standard InChI is InChI=1S/C21H32N4/c1-8-12-14(6)18-16(10-3)22-20(24-18)21-23-17(11-4)19(25-21)15(7)13(5)9-2/h12H,8-11H2,1-7H3,(H,22,24)(H,23,25)/b14-12-,15-13-. The van der Waals surface area contributed by atoms with Gasteiger partial charge in [-0.25, -0.2) is 9.97 Å². The summed E-state index contributed by atoms with van der Waals surface area (Å²) in [5.41, 5.74) is 8.36. The van der Waals surface area contributed by atoms with Gasteiger partial charge in [-0.15, -0.1) is 0 Å². The highest BCUT2D eigenvalue weighted by atomic mass is 15.0. The first-order chi connectivity index (χ1) is 12.0. The highest BCUT2D eigenvalue weighted by Gasteiger charge is 2.17. The molecule has 0 radical (unpaired) electrons. The van der Waals surface area contributed by atoms with Crippen LogP contribution in [0.5, 0.6) is 0 Å². The molecule has 0 aliphatic heterocycles. The van der Waals surface area contributed by atoms with Crippen molar-refractivity contribution in [2.75, 3.05) is 0 Å². The van der Waals surface area contributed by atoms with E-state index in [1.54, 1.807) is 0 Å². The molecule has 0 saturated carbocycles. The molecule has 0 aliphatic carbocycles. The van der Waals surface area contributed by atoms with Crippen LogP contribution in [0.2, 0.25) is 0 Å². The van der Waals surface area contributed by atoms with Crippen molar-refractivity contribution in [3.63, 3.8) is 0 Å². The molecule has 0 aromatic carbocycles. The highest BCUT2D eigenvalue weighted by molar-refractivity contribution is 5.69. The van der Waals surface area contributed by atoms with Crippen LogP contribution in [-0.2, 0) is 12.8 Å². The van der Waals surface area contributed by atoms with E-state index in [0.717, 1.165) is 48.7 Å². The Hall–Kier alpha value is -2.10. The second-order valence-corrected chi connectivity index (χ2v) is 6.59. The quantitative estimate of drug-likeness (QED) is 0.655. The van der Waals surface area contributed by atoms with E-state index in [-0.39, 0.29) is 0 Å². The van der Waals surface area contributed by atoms with Gasteiger partial charge in [0, 0.05) is 11.4 Å². The number of nitrogens with zero attached hydrogens (tertiary/aromatic N) is 2. The van der Waals surface area contributed by atoms with Crippen molar-refractivity contribution in [2.45, 2.75) is 74.1 Å². The smallest absolute Gasteiger partial charge is 0.174 e. The first kappa shape index (κ1) is 19.2. The monoisotopic (exact) mass is 340 g/mol. The van der Waals surface area contributed by atoms with Crippen molar-refractivity contribution < 1.29 is 0 Å². The third-order valence-corrected chi connectivity index (χ3v) is 4.90. The van der Waals surface area contributed by atoms with Crippen LogP contribution in [0.1, 0.15) is 84.1 Å². The van der Waals surface area contributed by atoms with E-state index in [0.29, 0.717) is 0 Å². The van der Waals surface area contributed by atoms with Crippen molar-refractivity contribution >= 4 is 11.1 Å². The second-order valence-electron chi connectivity index (χ2n) is 6.59.